The summed E-state index contributed by atoms with van der Waals surface area (Å²) in [6.07, 6.45) is -1.94. The minimum atomic E-state index is -0.691. The zero-order chi connectivity index (χ0) is 24.3. The summed E-state index contributed by atoms with van der Waals surface area (Å²) in [4.78, 5) is 3.00. The van der Waals surface area contributed by atoms with Gasteiger partial charge in [-0.3, -0.25) is 0 Å². The van der Waals surface area contributed by atoms with E-state index in [1.165, 1.54) is 0 Å². The third kappa shape index (κ3) is 7.51. The Kier molecular flexibility index (Phi) is 9.94. The number of alkyl halides is 1. The van der Waals surface area contributed by atoms with Crippen LogP contribution in [-0.4, -0.2) is 35.1 Å². The summed E-state index contributed by atoms with van der Waals surface area (Å²) in [5.41, 5.74) is 12.3. The Labute approximate surface area is 219 Å². The molecule has 0 amide bonds. The zero-order valence-corrected chi connectivity index (χ0v) is 21.4. The van der Waals surface area contributed by atoms with Crippen molar-refractivity contribution in [1.29, 1.82) is 0 Å². The van der Waals surface area contributed by atoms with Crippen LogP contribution in [-0.2, 0) is 38.8 Å². The average molecular weight is 585 g/mol. The second-order valence-corrected chi connectivity index (χ2v) is 9.68. The molecule has 0 unspecified atom stereocenters. The topological polar surface area (TPSA) is 85.7 Å². The van der Waals surface area contributed by atoms with Crippen molar-refractivity contribution < 1.29 is 18.9 Å². The number of hydrogen-bond donors (Lipinski definition) is 0. The predicted octanol–water partition coefficient (Wildman–Crippen LogP) is 6.21. The van der Waals surface area contributed by atoms with Crippen molar-refractivity contribution in [3.05, 3.63) is 118 Å². The number of hydrogen-bond acceptors (Lipinski definition) is 5. The molecule has 1 heterocycles. The van der Waals surface area contributed by atoms with Crippen LogP contribution in [0.1, 0.15) is 16.7 Å². The van der Waals surface area contributed by atoms with Crippen LogP contribution >= 0.6 is 22.6 Å². The highest BCUT2D eigenvalue weighted by atomic mass is 127. The first-order chi connectivity index (χ1) is 17.2. The Balaban J connectivity index is 1.52. The normalized spacial score (nSPS) is 24.0. The minimum Gasteiger partial charge on any atom is -0.374 e. The molecule has 0 N–H and O–H groups in total. The van der Waals surface area contributed by atoms with E-state index in [2.05, 4.69) is 32.6 Å². The molecule has 182 valence electrons. The second-order valence-electron chi connectivity index (χ2n) is 8.24. The van der Waals surface area contributed by atoms with E-state index >= 15 is 0 Å². The van der Waals surface area contributed by atoms with Crippen LogP contribution in [0.2, 0.25) is 0 Å². The summed E-state index contributed by atoms with van der Waals surface area (Å²) in [6.45, 7) is 1.55. The highest BCUT2D eigenvalue weighted by Gasteiger charge is 2.46. The first-order valence-electron chi connectivity index (χ1n) is 11.5. The van der Waals surface area contributed by atoms with Crippen molar-refractivity contribution in [2.75, 3.05) is 6.61 Å². The van der Waals surface area contributed by atoms with Gasteiger partial charge in [-0.25, -0.2) is 0 Å². The van der Waals surface area contributed by atoms with Crippen molar-refractivity contribution in [3.63, 3.8) is 0 Å². The molecule has 3 aromatic carbocycles. The van der Waals surface area contributed by atoms with Gasteiger partial charge in [-0.05, 0) is 22.2 Å². The van der Waals surface area contributed by atoms with Gasteiger partial charge in [0.05, 0.1) is 30.4 Å². The van der Waals surface area contributed by atoms with Gasteiger partial charge in [-0.15, -0.1) is 0 Å². The first-order valence-corrected chi connectivity index (χ1v) is 12.8. The molecular formula is C27H28IN3O4. The predicted molar refractivity (Wildman–Crippen MR) is 142 cm³/mol. The lowest BCUT2D eigenvalue weighted by Gasteiger charge is -2.43. The largest absolute Gasteiger partial charge is 0.374 e. The maximum atomic E-state index is 9.13. The van der Waals surface area contributed by atoms with Crippen LogP contribution in [0, 0.1) is 0 Å². The maximum Gasteiger partial charge on any atom is 0.151 e. The van der Waals surface area contributed by atoms with Crippen LogP contribution < -0.4 is 0 Å². The Morgan fingerprint density at radius 1 is 0.743 bits per heavy atom. The van der Waals surface area contributed by atoms with Gasteiger partial charge in [0.25, 0.3) is 0 Å². The molecule has 1 aliphatic rings. The third-order valence-electron chi connectivity index (χ3n) is 5.72. The summed E-state index contributed by atoms with van der Waals surface area (Å²) >= 11 is 2.24. The number of ether oxygens (including phenoxy) is 4. The Morgan fingerprint density at radius 3 is 1.74 bits per heavy atom. The number of benzene rings is 3. The molecule has 0 radical (unpaired) electrons. The highest BCUT2D eigenvalue weighted by molar-refractivity contribution is 14.1. The summed E-state index contributed by atoms with van der Waals surface area (Å²) < 4.78 is 24.8. The quantitative estimate of drug-likeness (QED) is 0.0881. The molecule has 3 aromatic rings. The monoisotopic (exact) mass is 585 g/mol. The lowest BCUT2D eigenvalue weighted by atomic mass is 10.00. The molecule has 1 fully saturated rings. The lowest BCUT2D eigenvalue weighted by Crippen LogP contribution is -2.57. The summed E-state index contributed by atoms with van der Waals surface area (Å²) in [6, 6.07) is 29.9. The molecule has 7 nitrogen and oxygen atoms in total. The number of rotatable bonds is 11. The lowest BCUT2D eigenvalue weighted by molar-refractivity contribution is -0.213. The van der Waals surface area contributed by atoms with Gasteiger partial charge in [0, 0.05) is 4.91 Å². The fraction of sp³-hybridized carbons (Fsp3) is 0.333. The smallest absolute Gasteiger partial charge is 0.151 e. The Morgan fingerprint density at radius 2 is 1.23 bits per heavy atom. The van der Waals surface area contributed by atoms with Crippen molar-refractivity contribution in [2.24, 2.45) is 5.11 Å². The molecule has 35 heavy (non-hydrogen) atoms. The van der Waals surface area contributed by atoms with Gasteiger partial charge >= 0.3 is 0 Å². The molecular weight excluding hydrogens is 557 g/mol. The van der Waals surface area contributed by atoms with Gasteiger partial charge in [0.15, 0.2) is 6.23 Å². The van der Waals surface area contributed by atoms with E-state index in [9.17, 15) is 0 Å². The summed E-state index contributed by atoms with van der Waals surface area (Å²) in [5, 5.41) is 3.90. The number of azide groups is 1. The van der Waals surface area contributed by atoms with Crippen LogP contribution in [0.5, 0.6) is 0 Å². The van der Waals surface area contributed by atoms with E-state index in [-0.39, 0.29) is 16.6 Å². The highest BCUT2D eigenvalue weighted by Crippen LogP contribution is 2.33. The van der Waals surface area contributed by atoms with E-state index < -0.39 is 18.4 Å². The average Bonchev–Trinajstić information content (AvgIpc) is 2.90. The van der Waals surface area contributed by atoms with Crippen LogP contribution in [0.3, 0.4) is 0 Å². The van der Waals surface area contributed by atoms with Gasteiger partial charge < -0.3 is 18.9 Å². The SMILES string of the molecule is [N-]=[N+]=N[C@H]1O[C@H](COCc2ccccc2)[C@H](OCc2ccccc2)[C@H](OCc2ccccc2)[C@H]1I. The Bertz CT molecular complexity index is 1070. The molecule has 4 rings (SSSR count). The van der Waals surface area contributed by atoms with Gasteiger partial charge in [0.2, 0.25) is 0 Å². The third-order valence-corrected chi connectivity index (χ3v) is 7.04. The van der Waals surface area contributed by atoms with Crippen LogP contribution in [0.15, 0.2) is 96.1 Å². The molecule has 8 heteroatoms. The van der Waals surface area contributed by atoms with E-state index in [0.717, 1.165) is 16.7 Å². The molecule has 5 atom stereocenters. The van der Waals surface area contributed by atoms with Gasteiger partial charge in [-0.1, -0.05) is 119 Å². The molecule has 0 aromatic heterocycles. The second kappa shape index (κ2) is 13.6. The van der Waals surface area contributed by atoms with E-state index in [1.54, 1.807) is 0 Å². The minimum absolute atomic E-state index is 0.238. The summed E-state index contributed by atoms with van der Waals surface area (Å²) in [7, 11) is 0. The van der Waals surface area contributed by atoms with E-state index in [4.69, 9.17) is 24.5 Å². The fourth-order valence-electron chi connectivity index (χ4n) is 3.95. The van der Waals surface area contributed by atoms with Gasteiger partial charge in [-0.2, -0.15) is 0 Å². The van der Waals surface area contributed by atoms with Crippen molar-refractivity contribution >= 4 is 22.6 Å². The Hall–Kier alpha value is -2.46. The standard InChI is InChI=1S/C27H28IN3O4/c28-24-26(34-18-22-14-8-3-9-15-22)25(33-17-21-12-6-2-7-13-21)23(35-27(24)30-31-29)19-32-16-20-10-4-1-5-11-20/h1-15,23-27H,16-19H2/t23-,24-,25+,26-,27+/m1/s1. The van der Waals surface area contributed by atoms with Gasteiger partial charge in [0.1, 0.15) is 18.3 Å². The molecule has 1 aliphatic heterocycles. The van der Waals surface area contributed by atoms with E-state index in [1.807, 2.05) is 91.0 Å². The van der Waals surface area contributed by atoms with E-state index in [0.29, 0.717) is 19.8 Å². The molecule has 1 saturated heterocycles. The molecule has 0 saturated carbocycles. The van der Waals surface area contributed by atoms with Crippen molar-refractivity contribution in [2.45, 2.75) is 48.3 Å². The number of halogens is 1. The molecule has 0 spiro atoms. The maximum absolute atomic E-state index is 9.13. The van der Waals surface area contributed by atoms with Crippen molar-refractivity contribution in [1.82, 2.24) is 0 Å². The van der Waals surface area contributed by atoms with Crippen LogP contribution in [0.4, 0.5) is 0 Å². The fourth-order valence-corrected chi connectivity index (χ4v) is 4.88. The molecule has 0 aliphatic carbocycles. The zero-order valence-electron chi connectivity index (χ0n) is 19.2. The molecule has 0 bridgehead atoms. The first kappa shape index (κ1) is 25.6. The van der Waals surface area contributed by atoms with Crippen molar-refractivity contribution in [3.8, 4) is 0 Å². The van der Waals surface area contributed by atoms with Crippen LogP contribution in [0.25, 0.3) is 10.4 Å². The summed E-state index contributed by atoms with van der Waals surface area (Å²) in [5.74, 6) is 0. The number of nitrogens with zero attached hydrogens (tertiary/aromatic N) is 3.